The Morgan fingerprint density at radius 2 is 1.89 bits per heavy atom. The molecule has 1 atom stereocenters. The van der Waals surface area contributed by atoms with Gasteiger partial charge in [-0.1, -0.05) is 41.6 Å². The second kappa shape index (κ2) is 7.06. The van der Waals surface area contributed by atoms with E-state index in [1.807, 2.05) is 52.0 Å². The van der Waals surface area contributed by atoms with Gasteiger partial charge in [0.25, 0.3) is 5.56 Å². The number of hydrogen-bond donors (Lipinski definition) is 2. The number of hydrogen-bond acceptors (Lipinski definition) is 7. The molecule has 0 radical (unpaired) electrons. The van der Waals surface area contributed by atoms with Gasteiger partial charge in [-0.15, -0.1) is 21.5 Å². The zero-order valence-corrected chi connectivity index (χ0v) is 17.6. The number of rotatable bonds is 4. The van der Waals surface area contributed by atoms with Crippen LogP contribution in [0.15, 0.2) is 34.2 Å². The number of aromatic amines is 1. The van der Waals surface area contributed by atoms with Crippen molar-refractivity contribution in [1.82, 2.24) is 24.8 Å². The summed E-state index contributed by atoms with van der Waals surface area (Å²) in [5, 5.41) is 9.53. The third-order valence-electron chi connectivity index (χ3n) is 4.70. The highest BCUT2D eigenvalue weighted by Crippen LogP contribution is 2.34. The topological polar surface area (TPSA) is 102 Å². The van der Waals surface area contributed by atoms with Crippen LogP contribution in [0.2, 0.25) is 0 Å². The molecular weight excluding hydrogens is 392 g/mol. The molecule has 0 aliphatic heterocycles. The number of nitrogens with two attached hydrogens (primary N) is 1. The largest absolute Gasteiger partial charge is 0.335 e. The monoisotopic (exact) mass is 412 g/mol. The van der Waals surface area contributed by atoms with Crippen molar-refractivity contribution in [1.29, 1.82) is 0 Å². The molecule has 0 spiro atoms. The van der Waals surface area contributed by atoms with E-state index in [2.05, 4.69) is 20.2 Å². The summed E-state index contributed by atoms with van der Waals surface area (Å²) in [6, 6.07) is 7.95. The van der Waals surface area contributed by atoms with Crippen molar-refractivity contribution >= 4 is 33.3 Å². The maximum atomic E-state index is 12.5. The van der Waals surface area contributed by atoms with Crippen LogP contribution in [0, 0.1) is 20.8 Å². The first-order valence-electron chi connectivity index (χ1n) is 8.79. The molecule has 0 aliphatic carbocycles. The van der Waals surface area contributed by atoms with Gasteiger partial charge in [0.2, 0.25) is 5.16 Å². The number of nitrogens with one attached hydrogen (secondary N) is 1. The van der Waals surface area contributed by atoms with Crippen LogP contribution < -0.4 is 11.4 Å². The van der Waals surface area contributed by atoms with Crippen LogP contribution in [0.4, 0.5) is 0 Å². The Morgan fingerprint density at radius 3 is 2.61 bits per heavy atom. The first kappa shape index (κ1) is 18.7. The van der Waals surface area contributed by atoms with Crippen molar-refractivity contribution < 1.29 is 0 Å². The minimum Gasteiger partial charge on any atom is -0.335 e. The quantitative estimate of drug-likeness (QED) is 0.391. The fourth-order valence-electron chi connectivity index (χ4n) is 2.93. The summed E-state index contributed by atoms with van der Waals surface area (Å²) in [6.45, 7) is 7.94. The molecule has 0 saturated carbocycles. The van der Waals surface area contributed by atoms with Gasteiger partial charge in [0.1, 0.15) is 10.7 Å². The summed E-state index contributed by atoms with van der Waals surface area (Å²) < 4.78 is 1.47. The third kappa shape index (κ3) is 3.20. The molecule has 7 nitrogen and oxygen atoms in total. The van der Waals surface area contributed by atoms with Gasteiger partial charge >= 0.3 is 0 Å². The van der Waals surface area contributed by atoms with Crippen LogP contribution in [-0.2, 0) is 0 Å². The van der Waals surface area contributed by atoms with Crippen LogP contribution in [-0.4, -0.2) is 24.8 Å². The van der Waals surface area contributed by atoms with Crippen LogP contribution in [0.5, 0.6) is 0 Å². The molecule has 0 saturated heterocycles. The molecule has 4 rings (SSSR count). The molecule has 28 heavy (non-hydrogen) atoms. The molecule has 144 valence electrons. The Morgan fingerprint density at radius 1 is 1.18 bits per heavy atom. The molecule has 4 aromatic rings. The summed E-state index contributed by atoms with van der Waals surface area (Å²) in [7, 11) is 0. The van der Waals surface area contributed by atoms with E-state index in [4.69, 9.17) is 5.84 Å². The van der Waals surface area contributed by atoms with Gasteiger partial charge in [-0.25, -0.2) is 9.66 Å². The van der Waals surface area contributed by atoms with Crippen LogP contribution in [0.3, 0.4) is 0 Å². The van der Waals surface area contributed by atoms with E-state index in [0.717, 1.165) is 20.8 Å². The lowest BCUT2D eigenvalue weighted by Crippen LogP contribution is -2.14. The number of thiophene rings is 1. The van der Waals surface area contributed by atoms with Gasteiger partial charge in [0.05, 0.1) is 10.6 Å². The summed E-state index contributed by atoms with van der Waals surface area (Å²) >= 11 is 2.94. The number of nitrogen functional groups attached to an aromatic ring is 1. The molecular formula is C19H20N6OS2. The number of fused-ring (bicyclic) bond motifs is 1. The zero-order valence-electron chi connectivity index (χ0n) is 16.0. The van der Waals surface area contributed by atoms with E-state index < -0.39 is 0 Å². The minimum absolute atomic E-state index is 0.108. The van der Waals surface area contributed by atoms with E-state index in [1.54, 1.807) is 0 Å². The molecule has 9 heteroatoms. The van der Waals surface area contributed by atoms with Crippen molar-refractivity contribution in [2.75, 3.05) is 5.84 Å². The number of H-pyrrole nitrogens is 1. The van der Waals surface area contributed by atoms with E-state index >= 15 is 0 Å². The maximum Gasteiger partial charge on any atom is 0.259 e. The second-order valence-corrected chi connectivity index (χ2v) is 9.23. The Balaban J connectivity index is 1.64. The van der Waals surface area contributed by atoms with Crippen molar-refractivity contribution in [3.8, 4) is 11.4 Å². The predicted octanol–water partition coefficient (Wildman–Crippen LogP) is 3.74. The Bertz CT molecular complexity index is 1220. The van der Waals surface area contributed by atoms with Crippen LogP contribution in [0.25, 0.3) is 21.6 Å². The molecule has 3 heterocycles. The van der Waals surface area contributed by atoms with Crippen molar-refractivity contribution in [3.63, 3.8) is 0 Å². The van der Waals surface area contributed by atoms with Crippen LogP contribution >= 0.6 is 23.1 Å². The fraction of sp³-hybridized carbons (Fsp3) is 0.263. The number of nitrogens with zero attached hydrogens (tertiary/aromatic N) is 4. The van der Waals surface area contributed by atoms with Gasteiger partial charge in [-0.05, 0) is 33.3 Å². The molecule has 3 aromatic heterocycles. The summed E-state index contributed by atoms with van der Waals surface area (Å²) in [5.41, 5.74) is 2.95. The van der Waals surface area contributed by atoms with Gasteiger partial charge in [0.15, 0.2) is 5.82 Å². The first-order chi connectivity index (χ1) is 13.3. The van der Waals surface area contributed by atoms with E-state index in [1.165, 1.54) is 33.3 Å². The van der Waals surface area contributed by atoms with Crippen molar-refractivity contribution in [2.45, 2.75) is 38.1 Å². The molecule has 0 fully saturated rings. The standard InChI is InChI=1S/C19H20N6OS2/c1-9-5-7-13(8-6-9)16-23-24-19(25(16)20)28-12(4)15-21-17(26)14-10(2)11(3)27-18(14)22-15/h5-8,12H,20H2,1-4H3,(H,21,22,26)/t12-/m1/s1. The lowest BCUT2D eigenvalue weighted by Gasteiger charge is -2.10. The Labute approximate surface area is 170 Å². The van der Waals surface area contributed by atoms with Gasteiger partial charge < -0.3 is 10.8 Å². The summed E-state index contributed by atoms with van der Waals surface area (Å²) in [4.78, 5) is 22.0. The normalized spacial score (nSPS) is 12.6. The average molecular weight is 413 g/mol. The fourth-order valence-corrected chi connectivity index (χ4v) is 4.80. The number of aromatic nitrogens is 5. The van der Waals surface area contributed by atoms with E-state index in [-0.39, 0.29) is 10.8 Å². The SMILES string of the molecule is Cc1ccc(-c2nnc(S[C@H](C)c3nc4sc(C)c(C)c4c(=O)[nH]3)n2N)cc1. The lowest BCUT2D eigenvalue weighted by molar-refractivity contribution is 0.835. The zero-order chi connectivity index (χ0) is 20.0. The highest BCUT2D eigenvalue weighted by atomic mass is 32.2. The van der Waals surface area contributed by atoms with Crippen LogP contribution in [0.1, 0.15) is 34.0 Å². The number of thioether (sulfide) groups is 1. The van der Waals surface area contributed by atoms with Crippen molar-refractivity contribution in [3.05, 3.63) is 56.4 Å². The predicted molar refractivity (Wildman–Crippen MR) is 114 cm³/mol. The van der Waals surface area contributed by atoms with E-state index in [0.29, 0.717) is 22.2 Å². The van der Waals surface area contributed by atoms with E-state index in [9.17, 15) is 4.79 Å². The third-order valence-corrected chi connectivity index (χ3v) is 6.87. The molecule has 3 N–H and O–H groups in total. The molecule has 0 aliphatic rings. The highest BCUT2D eigenvalue weighted by Gasteiger charge is 2.20. The first-order valence-corrected chi connectivity index (χ1v) is 10.5. The smallest absolute Gasteiger partial charge is 0.259 e. The minimum atomic E-state index is -0.141. The molecule has 0 amide bonds. The van der Waals surface area contributed by atoms with Gasteiger partial charge in [-0.2, -0.15) is 0 Å². The summed E-state index contributed by atoms with van der Waals surface area (Å²) in [5.74, 6) is 7.42. The molecule has 0 bridgehead atoms. The Kier molecular flexibility index (Phi) is 4.72. The number of aryl methyl sites for hydroxylation is 3. The summed E-state index contributed by atoms with van der Waals surface area (Å²) in [6.07, 6.45) is 0. The second-order valence-electron chi connectivity index (χ2n) is 6.72. The maximum absolute atomic E-state index is 12.5. The molecule has 1 aromatic carbocycles. The number of benzene rings is 1. The molecule has 0 unspecified atom stereocenters. The highest BCUT2D eigenvalue weighted by molar-refractivity contribution is 7.99. The van der Waals surface area contributed by atoms with Gasteiger partial charge in [-0.3, -0.25) is 4.79 Å². The lowest BCUT2D eigenvalue weighted by atomic mass is 10.1. The average Bonchev–Trinajstić information content (AvgIpc) is 3.16. The Hall–Kier alpha value is -2.65. The van der Waals surface area contributed by atoms with Crippen molar-refractivity contribution in [2.24, 2.45) is 0 Å². The van der Waals surface area contributed by atoms with Gasteiger partial charge in [0, 0.05) is 10.4 Å².